The molecule has 2 heterocycles. The van der Waals surface area contributed by atoms with Crippen molar-refractivity contribution in [3.05, 3.63) is 95.7 Å². The lowest BCUT2D eigenvalue weighted by Gasteiger charge is -2.34. The average Bonchev–Trinajstić information content (AvgIpc) is 3.30. The summed E-state index contributed by atoms with van der Waals surface area (Å²) in [4.78, 5) is 25.8. The lowest BCUT2D eigenvalue weighted by Crippen LogP contribution is -2.37. The predicted molar refractivity (Wildman–Crippen MR) is 125 cm³/mol. The number of alkyl halides is 3. The minimum Gasteiger partial charge on any atom is -0.363 e. The Kier molecular flexibility index (Phi) is 5.76. The smallest absolute Gasteiger partial charge is 0.363 e. The normalized spacial score (nSPS) is 17.5. The van der Waals surface area contributed by atoms with Gasteiger partial charge in [0.25, 0.3) is 5.91 Å². The maximum Gasteiger partial charge on any atom is 0.410 e. The summed E-state index contributed by atoms with van der Waals surface area (Å²) in [6.07, 6.45) is -3.71. The van der Waals surface area contributed by atoms with Crippen LogP contribution in [-0.2, 0) is 0 Å². The van der Waals surface area contributed by atoms with Gasteiger partial charge in [-0.3, -0.25) is 9.59 Å². The number of anilines is 1. The van der Waals surface area contributed by atoms with Crippen LogP contribution in [0.1, 0.15) is 44.8 Å². The molecule has 1 aromatic heterocycles. The van der Waals surface area contributed by atoms with Crippen LogP contribution in [0.4, 0.5) is 19.0 Å². The van der Waals surface area contributed by atoms with Crippen molar-refractivity contribution in [2.24, 2.45) is 0 Å². The van der Waals surface area contributed by atoms with Crippen LogP contribution in [-0.4, -0.2) is 34.2 Å². The molecule has 178 valence electrons. The lowest BCUT2D eigenvalue weighted by atomic mass is 9.96. The number of carbonyl (C=O) groups is 2. The molecule has 0 spiro atoms. The summed E-state index contributed by atoms with van der Waals surface area (Å²) in [6, 6.07) is 18.9. The van der Waals surface area contributed by atoms with Crippen molar-refractivity contribution in [3.8, 4) is 0 Å². The van der Waals surface area contributed by atoms with Gasteiger partial charge in [-0.1, -0.05) is 72.8 Å². The number of nitrogens with one attached hydrogen (secondary N) is 2. The van der Waals surface area contributed by atoms with Crippen molar-refractivity contribution in [1.82, 2.24) is 15.1 Å². The second-order valence-electron chi connectivity index (χ2n) is 8.38. The number of benzene rings is 3. The van der Waals surface area contributed by atoms with Crippen LogP contribution in [0.25, 0.3) is 10.8 Å². The monoisotopic (exact) mass is 478 g/mol. The van der Waals surface area contributed by atoms with Gasteiger partial charge in [0.05, 0.1) is 18.8 Å². The van der Waals surface area contributed by atoms with E-state index in [0.29, 0.717) is 11.1 Å². The third-order valence-corrected chi connectivity index (χ3v) is 6.18. The van der Waals surface area contributed by atoms with Gasteiger partial charge in [0.2, 0.25) is 0 Å². The molecule has 6 nitrogen and oxygen atoms in total. The Hall–Kier alpha value is -4.14. The summed E-state index contributed by atoms with van der Waals surface area (Å²) >= 11 is 0. The van der Waals surface area contributed by atoms with Crippen LogP contribution in [0.3, 0.4) is 0 Å². The van der Waals surface area contributed by atoms with Crippen LogP contribution in [0.5, 0.6) is 0 Å². The summed E-state index contributed by atoms with van der Waals surface area (Å²) in [7, 11) is 0. The average molecular weight is 478 g/mol. The first kappa shape index (κ1) is 22.6. The highest BCUT2D eigenvalue weighted by molar-refractivity contribution is 6.10. The quantitative estimate of drug-likeness (QED) is 0.381. The van der Waals surface area contributed by atoms with Crippen molar-refractivity contribution in [3.63, 3.8) is 0 Å². The van der Waals surface area contributed by atoms with E-state index in [1.54, 1.807) is 42.5 Å². The van der Waals surface area contributed by atoms with Crippen LogP contribution in [0.2, 0.25) is 0 Å². The van der Waals surface area contributed by atoms with Gasteiger partial charge < -0.3 is 10.6 Å². The fourth-order valence-electron chi connectivity index (χ4n) is 4.45. The summed E-state index contributed by atoms with van der Waals surface area (Å²) in [5, 5.41) is 11.1. The first-order chi connectivity index (χ1) is 16.8. The summed E-state index contributed by atoms with van der Waals surface area (Å²) in [5.74, 6) is -1.01. The van der Waals surface area contributed by atoms with E-state index in [1.807, 2.05) is 30.3 Å². The van der Waals surface area contributed by atoms with E-state index in [2.05, 4.69) is 15.7 Å². The Bertz CT molecular complexity index is 1390. The van der Waals surface area contributed by atoms with Crippen LogP contribution >= 0.6 is 0 Å². The molecule has 1 aliphatic rings. The number of carbonyl (C=O) groups excluding carboxylic acids is 2. The van der Waals surface area contributed by atoms with Crippen LogP contribution in [0.15, 0.2) is 79.0 Å². The van der Waals surface area contributed by atoms with Crippen LogP contribution in [0, 0.1) is 0 Å². The number of amides is 1. The predicted octanol–water partition coefficient (Wildman–Crippen LogP) is 5.31. The second kappa shape index (κ2) is 8.90. The van der Waals surface area contributed by atoms with Crippen LogP contribution < -0.4 is 10.6 Å². The zero-order valence-corrected chi connectivity index (χ0v) is 18.4. The maximum absolute atomic E-state index is 13.9. The molecule has 0 radical (unpaired) electrons. The Morgan fingerprint density at radius 1 is 0.971 bits per heavy atom. The molecule has 2 atom stereocenters. The molecule has 0 bridgehead atoms. The second-order valence-corrected chi connectivity index (χ2v) is 8.38. The van der Waals surface area contributed by atoms with Gasteiger partial charge in [-0.05, 0) is 16.3 Å². The Morgan fingerprint density at radius 3 is 2.46 bits per heavy atom. The van der Waals surface area contributed by atoms with Gasteiger partial charge >= 0.3 is 6.18 Å². The number of aromatic nitrogens is 2. The molecule has 0 aliphatic carbocycles. The summed E-state index contributed by atoms with van der Waals surface area (Å²) in [6.45, 7) is -0.303. The highest BCUT2D eigenvalue weighted by atomic mass is 19.4. The van der Waals surface area contributed by atoms with Crippen molar-refractivity contribution >= 4 is 28.3 Å². The zero-order chi connectivity index (χ0) is 24.6. The Labute approximate surface area is 198 Å². The zero-order valence-electron chi connectivity index (χ0n) is 18.4. The molecule has 35 heavy (non-hydrogen) atoms. The van der Waals surface area contributed by atoms with Crippen molar-refractivity contribution in [1.29, 1.82) is 0 Å². The van der Waals surface area contributed by atoms with Crippen molar-refractivity contribution < 1.29 is 22.8 Å². The molecule has 2 N–H and O–H groups in total. The summed E-state index contributed by atoms with van der Waals surface area (Å²) < 4.78 is 42.4. The molecular formula is C26H21F3N4O2. The molecule has 0 saturated carbocycles. The van der Waals surface area contributed by atoms with E-state index in [4.69, 9.17) is 0 Å². The number of halogens is 3. The van der Waals surface area contributed by atoms with E-state index in [1.165, 1.54) is 0 Å². The molecule has 4 aromatic rings. The third-order valence-electron chi connectivity index (χ3n) is 6.18. The van der Waals surface area contributed by atoms with E-state index in [-0.39, 0.29) is 30.1 Å². The van der Waals surface area contributed by atoms with Gasteiger partial charge in [0.1, 0.15) is 11.4 Å². The Balaban J connectivity index is 1.39. The number of hydrogen-bond acceptors (Lipinski definition) is 4. The molecule has 1 aliphatic heterocycles. The number of hydrogen-bond donors (Lipinski definition) is 2. The van der Waals surface area contributed by atoms with Gasteiger partial charge in [-0.2, -0.15) is 18.3 Å². The molecule has 0 saturated heterocycles. The third kappa shape index (κ3) is 4.37. The minimum atomic E-state index is -4.55. The number of fused-ring (bicyclic) bond motifs is 2. The van der Waals surface area contributed by atoms with E-state index in [9.17, 15) is 22.8 Å². The molecule has 3 aromatic carbocycles. The van der Waals surface area contributed by atoms with E-state index < -0.39 is 24.2 Å². The van der Waals surface area contributed by atoms with Crippen molar-refractivity contribution in [2.75, 3.05) is 11.9 Å². The molecule has 5 rings (SSSR count). The SMILES string of the molecule is O=C(NCC(=O)c1cccc2ccccc12)c1cnn2c1N[C@H](c1ccccc1)C[C@@H]2C(F)(F)F. The number of Topliss-reactive ketones (excluding diaryl/α,β-unsaturated/α-hetero) is 1. The minimum absolute atomic E-state index is 0.0254. The molecule has 1 amide bonds. The van der Waals surface area contributed by atoms with Gasteiger partial charge in [-0.15, -0.1) is 0 Å². The van der Waals surface area contributed by atoms with Gasteiger partial charge in [0, 0.05) is 12.0 Å². The fourth-order valence-corrected chi connectivity index (χ4v) is 4.45. The standard InChI is InChI=1S/C26H21F3N4O2/c27-26(28,29)23-13-21(17-8-2-1-3-9-17)32-24-20(14-31-33(23)24)25(35)30-15-22(34)19-12-6-10-16-7-4-5-11-18(16)19/h1-12,14,21,23,32H,13,15H2,(H,30,35)/t21-,23+/m0/s1. The van der Waals surface area contributed by atoms with Gasteiger partial charge in [0.15, 0.2) is 11.8 Å². The topological polar surface area (TPSA) is 76.0 Å². The molecule has 0 fully saturated rings. The van der Waals surface area contributed by atoms with E-state index >= 15 is 0 Å². The maximum atomic E-state index is 13.9. The number of rotatable bonds is 5. The lowest BCUT2D eigenvalue weighted by molar-refractivity contribution is -0.173. The van der Waals surface area contributed by atoms with E-state index in [0.717, 1.165) is 21.7 Å². The first-order valence-corrected chi connectivity index (χ1v) is 11.1. The summed E-state index contributed by atoms with van der Waals surface area (Å²) in [5.41, 5.74) is 1.08. The molecule has 9 heteroatoms. The number of ketones is 1. The highest BCUT2D eigenvalue weighted by Gasteiger charge is 2.47. The van der Waals surface area contributed by atoms with Crippen molar-refractivity contribution in [2.45, 2.75) is 24.7 Å². The Morgan fingerprint density at radius 2 is 1.69 bits per heavy atom. The fraction of sp³-hybridized carbons (Fsp3) is 0.192. The molecule has 0 unspecified atom stereocenters. The number of nitrogens with zero attached hydrogens (tertiary/aromatic N) is 2. The van der Waals surface area contributed by atoms with Gasteiger partial charge in [-0.25, -0.2) is 4.68 Å². The highest BCUT2D eigenvalue weighted by Crippen LogP contribution is 2.44. The first-order valence-electron chi connectivity index (χ1n) is 11.1. The largest absolute Gasteiger partial charge is 0.410 e. The molecular weight excluding hydrogens is 457 g/mol.